The maximum atomic E-state index is 6.20. The van der Waals surface area contributed by atoms with Crippen LogP contribution in [0.2, 0.25) is 0 Å². The predicted octanol–water partition coefficient (Wildman–Crippen LogP) is 2.22. The summed E-state index contributed by atoms with van der Waals surface area (Å²) in [6.07, 6.45) is 3.94. The number of ether oxygens (including phenoxy) is 1. The molecule has 1 N–H and O–H groups in total. The fraction of sp³-hybridized carbons (Fsp3) is 1.00. The molecular formula is C14H28N2O. The minimum absolute atomic E-state index is 0.147. The Morgan fingerprint density at radius 1 is 1.29 bits per heavy atom. The van der Waals surface area contributed by atoms with Crippen LogP contribution in [0.1, 0.15) is 47.0 Å². The summed E-state index contributed by atoms with van der Waals surface area (Å²) in [6, 6.07) is 0.539. The topological polar surface area (TPSA) is 24.5 Å². The van der Waals surface area contributed by atoms with Crippen molar-refractivity contribution in [2.45, 2.75) is 58.7 Å². The van der Waals surface area contributed by atoms with Gasteiger partial charge in [0.15, 0.2) is 0 Å². The third-order valence-corrected chi connectivity index (χ3v) is 4.34. The molecular weight excluding hydrogens is 212 g/mol. The van der Waals surface area contributed by atoms with Gasteiger partial charge in [-0.25, -0.2) is 0 Å². The summed E-state index contributed by atoms with van der Waals surface area (Å²) >= 11 is 0. The highest BCUT2D eigenvalue weighted by Crippen LogP contribution is 2.32. The number of hydrogen-bond donors (Lipinski definition) is 1. The van der Waals surface area contributed by atoms with E-state index in [1.807, 2.05) is 0 Å². The maximum Gasteiger partial charge on any atom is 0.132 e. The first-order valence-electron chi connectivity index (χ1n) is 7.10. The molecule has 0 amide bonds. The Labute approximate surface area is 106 Å². The van der Waals surface area contributed by atoms with Crippen molar-refractivity contribution in [1.82, 2.24) is 10.2 Å². The Kier molecular flexibility index (Phi) is 3.81. The van der Waals surface area contributed by atoms with Crippen LogP contribution in [0.25, 0.3) is 0 Å². The third-order valence-electron chi connectivity index (χ3n) is 4.34. The van der Waals surface area contributed by atoms with E-state index in [1.54, 1.807) is 0 Å². The Balaban J connectivity index is 2.04. The summed E-state index contributed by atoms with van der Waals surface area (Å²) in [5, 5.41) is 3.66. The van der Waals surface area contributed by atoms with Gasteiger partial charge in [0.2, 0.25) is 0 Å². The molecule has 0 bridgehead atoms. The minimum Gasteiger partial charge on any atom is -0.359 e. The van der Waals surface area contributed by atoms with Gasteiger partial charge in [-0.3, -0.25) is 10.2 Å². The Morgan fingerprint density at radius 2 is 2.06 bits per heavy atom. The fourth-order valence-corrected chi connectivity index (χ4v) is 3.07. The normalized spacial score (nSPS) is 39.2. The van der Waals surface area contributed by atoms with Crippen molar-refractivity contribution in [3.8, 4) is 0 Å². The zero-order chi connectivity index (χ0) is 12.5. The Bertz CT molecular complexity index is 255. The van der Waals surface area contributed by atoms with Gasteiger partial charge in [0.05, 0.1) is 12.6 Å². The van der Waals surface area contributed by atoms with E-state index in [-0.39, 0.29) is 11.1 Å². The van der Waals surface area contributed by atoms with E-state index in [2.05, 4.69) is 37.9 Å². The van der Waals surface area contributed by atoms with Crippen LogP contribution in [0, 0.1) is 5.41 Å². The number of nitrogens with one attached hydrogen (secondary N) is 1. The molecule has 2 atom stereocenters. The first-order chi connectivity index (χ1) is 7.97. The van der Waals surface area contributed by atoms with E-state index in [0.717, 1.165) is 19.7 Å². The molecule has 0 aromatic heterocycles. The summed E-state index contributed by atoms with van der Waals surface area (Å²) in [6.45, 7) is 13.3. The molecule has 0 spiro atoms. The van der Waals surface area contributed by atoms with Crippen LogP contribution in [0.4, 0.5) is 0 Å². The molecule has 2 unspecified atom stereocenters. The van der Waals surface area contributed by atoms with Gasteiger partial charge in [-0.15, -0.1) is 0 Å². The lowest BCUT2D eigenvalue weighted by atomic mass is 9.87. The standard InChI is InChI=1S/C14H28N2O/c1-5-16-9-7-6-8-12(16)14(4)15-10-13(2,3)11-17-14/h12,15H,5-11H2,1-4H3. The molecule has 2 aliphatic heterocycles. The van der Waals surface area contributed by atoms with Gasteiger partial charge in [0.25, 0.3) is 0 Å². The van der Waals surface area contributed by atoms with Crippen molar-refractivity contribution in [2.24, 2.45) is 5.41 Å². The minimum atomic E-state index is -0.147. The summed E-state index contributed by atoms with van der Waals surface area (Å²) in [5.41, 5.74) is 0.122. The van der Waals surface area contributed by atoms with Gasteiger partial charge in [-0.05, 0) is 32.9 Å². The van der Waals surface area contributed by atoms with Crippen molar-refractivity contribution >= 4 is 0 Å². The van der Waals surface area contributed by atoms with Crippen molar-refractivity contribution in [2.75, 3.05) is 26.2 Å². The second-order valence-electron chi connectivity index (χ2n) is 6.55. The predicted molar refractivity (Wildman–Crippen MR) is 71.0 cm³/mol. The molecule has 3 heteroatoms. The second kappa shape index (κ2) is 4.87. The van der Waals surface area contributed by atoms with Crippen molar-refractivity contribution in [3.63, 3.8) is 0 Å². The molecule has 2 saturated heterocycles. The monoisotopic (exact) mass is 240 g/mol. The zero-order valence-electron chi connectivity index (χ0n) is 11.9. The number of nitrogens with zero attached hydrogens (tertiary/aromatic N) is 1. The van der Waals surface area contributed by atoms with Crippen LogP contribution < -0.4 is 5.32 Å². The van der Waals surface area contributed by atoms with Crippen LogP contribution in [-0.4, -0.2) is 42.9 Å². The van der Waals surface area contributed by atoms with E-state index >= 15 is 0 Å². The highest BCUT2D eigenvalue weighted by atomic mass is 16.5. The number of piperidine rings is 1. The quantitative estimate of drug-likeness (QED) is 0.801. The lowest BCUT2D eigenvalue weighted by Crippen LogP contribution is -2.66. The molecule has 2 rings (SSSR count). The SMILES string of the molecule is CCN1CCCCC1C1(C)NCC(C)(C)CO1. The van der Waals surface area contributed by atoms with E-state index < -0.39 is 0 Å². The average molecular weight is 240 g/mol. The molecule has 0 aliphatic carbocycles. The summed E-state index contributed by atoms with van der Waals surface area (Å²) in [7, 11) is 0. The molecule has 0 saturated carbocycles. The largest absolute Gasteiger partial charge is 0.359 e. The molecule has 100 valence electrons. The molecule has 2 aliphatic rings. The van der Waals surface area contributed by atoms with Gasteiger partial charge in [0, 0.05) is 12.0 Å². The van der Waals surface area contributed by atoms with E-state index in [4.69, 9.17) is 4.74 Å². The molecule has 2 fully saturated rings. The average Bonchev–Trinajstić information content (AvgIpc) is 2.33. The summed E-state index contributed by atoms with van der Waals surface area (Å²) < 4.78 is 6.20. The summed E-state index contributed by atoms with van der Waals surface area (Å²) in [4.78, 5) is 2.58. The first-order valence-corrected chi connectivity index (χ1v) is 7.10. The van der Waals surface area contributed by atoms with Gasteiger partial charge in [-0.2, -0.15) is 0 Å². The maximum absolute atomic E-state index is 6.20. The van der Waals surface area contributed by atoms with Gasteiger partial charge < -0.3 is 4.74 Å². The third kappa shape index (κ3) is 2.83. The highest BCUT2D eigenvalue weighted by molar-refractivity contribution is 4.95. The fourth-order valence-electron chi connectivity index (χ4n) is 3.07. The number of likely N-dealkylation sites (tertiary alicyclic amines) is 1. The molecule has 2 heterocycles. The van der Waals surface area contributed by atoms with Crippen molar-refractivity contribution in [1.29, 1.82) is 0 Å². The van der Waals surface area contributed by atoms with Crippen LogP contribution in [-0.2, 0) is 4.74 Å². The highest BCUT2D eigenvalue weighted by Gasteiger charge is 2.44. The molecule has 0 aromatic carbocycles. The smallest absolute Gasteiger partial charge is 0.132 e. The van der Waals surface area contributed by atoms with E-state index in [0.29, 0.717) is 6.04 Å². The van der Waals surface area contributed by atoms with Gasteiger partial charge in [-0.1, -0.05) is 27.2 Å². The Hall–Kier alpha value is -0.120. The second-order valence-corrected chi connectivity index (χ2v) is 6.55. The van der Waals surface area contributed by atoms with Crippen molar-refractivity contribution in [3.05, 3.63) is 0 Å². The van der Waals surface area contributed by atoms with Crippen LogP contribution in [0.5, 0.6) is 0 Å². The zero-order valence-corrected chi connectivity index (χ0v) is 11.9. The lowest BCUT2D eigenvalue weighted by Gasteiger charge is -2.51. The summed E-state index contributed by atoms with van der Waals surface area (Å²) in [5.74, 6) is 0. The van der Waals surface area contributed by atoms with Crippen LogP contribution >= 0.6 is 0 Å². The molecule has 17 heavy (non-hydrogen) atoms. The number of likely N-dealkylation sites (N-methyl/N-ethyl adjacent to an activating group) is 1. The van der Waals surface area contributed by atoms with E-state index in [9.17, 15) is 0 Å². The van der Waals surface area contributed by atoms with Crippen LogP contribution in [0.15, 0.2) is 0 Å². The number of rotatable bonds is 2. The van der Waals surface area contributed by atoms with Crippen LogP contribution in [0.3, 0.4) is 0 Å². The molecule has 0 aromatic rings. The van der Waals surface area contributed by atoms with Gasteiger partial charge >= 0.3 is 0 Å². The lowest BCUT2D eigenvalue weighted by molar-refractivity contribution is -0.170. The van der Waals surface area contributed by atoms with E-state index in [1.165, 1.54) is 25.8 Å². The molecule has 3 nitrogen and oxygen atoms in total. The molecule has 0 radical (unpaired) electrons. The first kappa shape index (κ1) is 13.3. The Morgan fingerprint density at radius 3 is 2.65 bits per heavy atom. The number of hydrogen-bond acceptors (Lipinski definition) is 3. The van der Waals surface area contributed by atoms with Crippen molar-refractivity contribution < 1.29 is 4.74 Å². The van der Waals surface area contributed by atoms with Gasteiger partial charge in [0.1, 0.15) is 5.72 Å².